The number of hydrogen-bond donors (Lipinski definition) is 1. The number of ether oxygens (including phenoxy) is 1. The predicted molar refractivity (Wildman–Crippen MR) is 128 cm³/mol. The van der Waals surface area contributed by atoms with Gasteiger partial charge in [-0.15, -0.1) is 0 Å². The Labute approximate surface area is 194 Å². The zero-order valence-electron chi connectivity index (χ0n) is 18.1. The molecular weight excluding hydrogens is 429 g/mol. The molecule has 0 radical (unpaired) electrons. The highest BCUT2D eigenvalue weighted by molar-refractivity contribution is 6.36. The maximum absolute atomic E-state index is 6.49. The van der Waals surface area contributed by atoms with Gasteiger partial charge < -0.3 is 10.1 Å². The molecule has 2 atom stereocenters. The quantitative estimate of drug-likeness (QED) is 0.430. The second-order valence-electron chi connectivity index (χ2n) is 7.66. The first-order chi connectivity index (χ1) is 15.0. The summed E-state index contributed by atoms with van der Waals surface area (Å²) in [4.78, 5) is 10.0. The van der Waals surface area contributed by atoms with E-state index in [1.165, 1.54) is 11.1 Å². The molecule has 31 heavy (non-hydrogen) atoms. The lowest BCUT2D eigenvalue weighted by molar-refractivity contribution is 0.0573. The lowest BCUT2D eigenvalue weighted by Gasteiger charge is -2.24. The van der Waals surface area contributed by atoms with Gasteiger partial charge in [0.1, 0.15) is 5.82 Å². The largest absolute Gasteiger partial charge is 0.376 e. The number of anilines is 1. The second-order valence-corrected chi connectivity index (χ2v) is 8.51. The molecule has 0 spiro atoms. The van der Waals surface area contributed by atoms with Crippen LogP contribution in [-0.4, -0.2) is 22.7 Å². The Hall–Kier alpha value is -2.14. The van der Waals surface area contributed by atoms with Crippen LogP contribution in [0.2, 0.25) is 10.0 Å². The minimum Gasteiger partial charge on any atom is -0.376 e. The van der Waals surface area contributed by atoms with Crippen LogP contribution in [0.3, 0.4) is 0 Å². The van der Waals surface area contributed by atoms with Crippen molar-refractivity contribution >= 4 is 29.0 Å². The molecule has 6 heteroatoms. The molecule has 2 aromatic carbocycles. The monoisotopic (exact) mass is 455 g/mol. The number of rotatable bonds is 7. The van der Waals surface area contributed by atoms with Gasteiger partial charge in [-0.05, 0) is 49.1 Å². The Kier molecular flexibility index (Phi) is 6.80. The predicted octanol–water partition coefficient (Wildman–Crippen LogP) is 6.69. The molecule has 3 aromatic rings. The maximum atomic E-state index is 6.49. The first-order valence-electron chi connectivity index (χ1n) is 10.9. The van der Waals surface area contributed by atoms with Crippen LogP contribution < -0.4 is 5.32 Å². The molecule has 0 unspecified atom stereocenters. The highest BCUT2D eigenvalue weighted by Gasteiger charge is 2.33. The van der Waals surface area contributed by atoms with Crippen molar-refractivity contribution in [2.24, 2.45) is 0 Å². The van der Waals surface area contributed by atoms with Gasteiger partial charge in [0, 0.05) is 23.6 Å². The minimum absolute atomic E-state index is 0.0467. The van der Waals surface area contributed by atoms with E-state index in [4.69, 9.17) is 37.9 Å². The van der Waals surface area contributed by atoms with Crippen LogP contribution in [-0.2, 0) is 24.0 Å². The Bertz CT molecular complexity index is 1090. The molecule has 0 saturated carbocycles. The molecular formula is C25H27Cl2N3O. The Balaban J connectivity index is 1.75. The lowest BCUT2D eigenvalue weighted by Crippen LogP contribution is -2.26. The van der Waals surface area contributed by atoms with Crippen LogP contribution in [0, 0.1) is 0 Å². The van der Waals surface area contributed by atoms with Crippen LogP contribution in [0.1, 0.15) is 49.3 Å². The van der Waals surface area contributed by atoms with Gasteiger partial charge in [0.15, 0.2) is 0 Å². The van der Waals surface area contributed by atoms with Gasteiger partial charge in [0.05, 0.1) is 34.3 Å². The highest BCUT2D eigenvalue weighted by Crippen LogP contribution is 2.37. The molecule has 0 saturated heterocycles. The van der Waals surface area contributed by atoms with Crippen molar-refractivity contribution in [2.75, 3.05) is 11.9 Å². The molecule has 1 aliphatic carbocycles. The number of benzene rings is 2. The van der Waals surface area contributed by atoms with E-state index in [0.29, 0.717) is 16.7 Å². The van der Waals surface area contributed by atoms with Crippen molar-refractivity contribution in [1.82, 2.24) is 9.97 Å². The summed E-state index contributed by atoms with van der Waals surface area (Å²) >= 11 is 12.6. The van der Waals surface area contributed by atoms with Gasteiger partial charge in [0.2, 0.25) is 0 Å². The molecule has 0 bridgehead atoms. The van der Waals surface area contributed by atoms with Crippen molar-refractivity contribution in [3.8, 4) is 11.3 Å². The fourth-order valence-electron chi connectivity index (χ4n) is 4.26. The summed E-state index contributed by atoms with van der Waals surface area (Å²) < 4.78 is 6.08. The molecule has 0 amide bonds. The van der Waals surface area contributed by atoms with E-state index >= 15 is 0 Å². The van der Waals surface area contributed by atoms with Gasteiger partial charge >= 0.3 is 0 Å². The van der Waals surface area contributed by atoms with E-state index in [0.717, 1.165) is 47.7 Å². The molecule has 1 aromatic heterocycles. The number of nitrogens with one attached hydrogen (secondary N) is 1. The molecule has 0 fully saturated rings. The van der Waals surface area contributed by atoms with Crippen LogP contribution in [0.5, 0.6) is 0 Å². The fourth-order valence-corrected chi connectivity index (χ4v) is 4.75. The molecule has 1 heterocycles. The van der Waals surface area contributed by atoms with Crippen molar-refractivity contribution in [2.45, 2.75) is 52.2 Å². The van der Waals surface area contributed by atoms with Crippen LogP contribution in [0.15, 0.2) is 42.5 Å². The van der Waals surface area contributed by atoms with E-state index in [9.17, 15) is 0 Å². The van der Waals surface area contributed by atoms with E-state index in [-0.39, 0.29) is 12.1 Å². The average Bonchev–Trinajstić information content (AvgIpc) is 3.11. The van der Waals surface area contributed by atoms with Crippen LogP contribution in [0.25, 0.3) is 11.3 Å². The zero-order valence-corrected chi connectivity index (χ0v) is 19.6. The van der Waals surface area contributed by atoms with E-state index in [1.54, 1.807) is 6.07 Å². The minimum atomic E-state index is 0.0467. The number of halogens is 2. The van der Waals surface area contributed by atoms with Crippen molar-refractivity contribution in [3.05, 3.63) is 75.0 Å². The second kappa shape index (κ2) is 9.56. The third-order valence-corrected chi connectivity index (χ3v) is 6.30. The number of nitrogens with zero attached hydrogens (tertiary/aromatic N) is 2. The Morgan fingerprint density at radius 3 is 2.48 bits per heavy atom. The number of hydrogen-bond acceptors (Lipinski definition) is 4. The number of aromatic nitrogens is 2. The van der Waals surface area contributed by atoms with E-state index < -0.39 is 0 Å². The van der Waals surface area contributed by atoms with E-state index in [2.05, 4.69) is 43.4 Å². The molecule has 4 rings (SSSR count). The molecule has 4 nitrogen and oxygen atoms in total. The SMILES string of the molecule is CCO[C@@H]1Cc2ccccc2[C@@H]1Nc1nc(CC)c(-c2ccc(Cl)cc2Cl)nc1CC. The third-order valence-electron chi connectivity index (χ3n) is 5.75. The summed E-state index contributed by atoms with van der Waals surface area (Å²) in [7, 11) is 0. The normalized spacial score (nSPS) is 17.6. The van der Waals surface area contributed by atoms with Gasteiger partial charge in [-0.2, -0.15) is 0 Å². The average molecular weight is 456 g/mol. The first-order valence-corrected chi connectivity index (χ1v) is 11.6. The van der Waals surface area contributed by atoms with Gasteiger partial charge in [-0.25, -0.2) is 9.97 Å². The van der Waals surface area contributed by atoms with Crippen molar-refractivity contribution in [1.29, 1.82) is 0 Å². The standard InChI is InChI=1S/C25H27Cl2N3O/c1-4-20-23(18-12-11-16(26)14-19(18)27)28-21(5-2)25(29-20)30-24-17-10-8-7-9-15(17)13-22(24)31-6-3/h7-12,14,22,24H,4-6,13H2,1-3H3,(H,29,30)/t22-,24+/m1/s1. The van der Waals surface area contributed by atoms with Gasteiger partial charge in [0.25, 0.3) is 0 Å². The third kappa shape index (κ3) is 4.43. The van der Waals surface area contributed by atoms with Crippen molar-refractivity contribution in [3.63, 3.8) is 0 Å². The summed E-state index contributed by atoms with van der Waals surface area (Å²) in [6.45, 7) is 6.89. The number of fused-ring (bicyclic) bond motifs is 1. The zero-order chi connectivity index (χ0) is 22.0. The summed E-state index contributed by atoms with van der Waals surface area (Å²) in [6, 6.07) is 14.1. The maximum Gasteiger partial charge on any atom is 0.148 e. The van der Waals surface area contributed by atoms with Gasteiger partial charge in [-0.1, -0.05) is 61.3 Å². The Morgan fingerprint density at radius 2 is 1.77 bits per heavy atom. The summed E-state index contributed by atoms with van der Waals surface area (Å²) in [5, 5.41) is 4.87. The summed E-state index contributed by atoms with van der Waals surface area (Å²) in [5.74, 6) is 0.819. The summed E-state index contributed by atoms with van der Waals surface area (Å²) in [5.41, 5.74) is 6.09. The fraction of sp³-hybridized carbons (Fsp3) is 0.360. The van der Waals surface area contributed by atoms with Crippen molar-refractivity contribution < 1.29 is 4.74 Å². The Morgan fingerprint density at radius 1 is 1.00 bits per heavy atom. The van der Waals surface area contributed by atoms with Gasteiger partial charge in [-0.3, -0.25) is 0 Å². The lowest BCUT2D eigenvalue weighted by atomic mass is 10.1. The van der Waals surface area contributed by atoms with E-state index in [1.807, 2.05) is 19.1 Å². The highest BCUT2D eigenvalue weighted by atomic mass is 35.5. The molecule has 1 N–H and O–H groups in total. The number of aryl methyl sites for hydroxylation is 2. The molecule has 0 aliphatic heterocycles. The first kappa shape index (κ1) is 22.1. The van der Waals surface area contributed by atoms with Crippen LogP contribution in [0.4, 0.5) is 5.82 Å². The topological polar surface area (TPSA) is 47.0 Å². The summed E-state index contributed by atoms with van der Waals surface area (Å²) in [6.07, 6.45) is 2.47. The molecule has 1 aliphatic rings. The smallest absolute Gasteiger partial charge is 0.148 e. The molecule has 162 valence electrons. The van der Waals surface area contributed by atoms with Crippen LogP contribution >= 0.6 is 23.2 Å².